The van der Waals surface area contributed by atoms with Gasteiger partial charge in [0.05, 0.1) is 23.0 Å². The Morgan fingerprint density at radius 3 is 2.60 bits per heavy atom. The molecule has 25 heavy (non-hydrogen) atoms. The Hall–Kier alpha value is -3.13. The quantitative estimate of drug-likeness (QED) is 0.913. The number of aryl methyl sites for hydroxylation is 1. The lowest BCUT2D eigenvalue weighted by Crippen LogP contribution is -2.25. The topological polar surface area (TPSA) is 73.2 Å². The van der Waals surface area contributed by atoms with Crippen LogP contribution in [0.4, 0.5) is 11.4 Å². The standard InChI is InChI=1S/C20H19N3O2/c21-14-16-9-7-15(8-10-16)11-12-19(24)22-17-4-1-2-5-18(17)23-13-3-6-20(23)25/h1-2,4-5,7-10H,3,6,11-13H2,(H,22,24). The van der Waals surface area contributed by atoms with Gasteiger partial charge in [0.2, 0.25) is 11.8 Å². The second kappa shape index (κ2) is 7.63. The van der Waals surface area contributed by atoms with E-state index in [9.17, 15) is 9.59 Å². The number of anilines is 2. The zero-order valence-electron chi connectivity index (χ0n) is 13.9. The van der Waals surface area contributed by atoms with E-state index in [1.54, 1.807) is 17.0 Å². The van der Waals surface area contributed by atoms with Crippen LogP contribution in [-0.2, 0) is 16.0 Å². The summed E-state index contributed by atoms with van der Waals surface area (Å²) in [5, 5.41) is 11.7. The number of carbonyl (C=O) groups is 2. The van der Waals surface area contributed by atoms with Gasteiger partial charge in [-0.1, -0.05) is 24.3 Å². The van der Waals surface area contributed by atoms with Crippen LogP contribution >= 0.6 is 0 Å². The van der Waals surface area contributed by atoms with Crippen LogP contribution in [0.25, 0.3) is 0 Å². The van der Waals surface area contributed by atoms with E-state index in [0.717, 1.165) is 17.7 Å². The minimum Gasteiger partial charge on any atom is -0.324 e. The smallest absolute Gasteiger partial charge is 0.227 e. The summed E-state index contributed by atoms with van der Waals surface area (Å²) in [6.45, 7) is 0.691. The highest BCUT2D eigenvalue weighted by Gasteiger charge is 2.24. The van der Waals surface area contributed by atoms with E-state index in [4.69, 9.17) is 5.26 Å². The maximum absolute atomic E-state index is 12.3. The van der Waals surface area contributed by atoms with Gasteiger partial charge in [0.25, 0.3) is 0 Å². The van der Waals surface area contributed by atoms with Crippen LogP contribution in [-0.4, -0.2) is 18.4 Å². The molecule has 0 spiro atoms. The molecule has 3 rings (SSSR count). The molecular weight excluding hydrogens is 314 g/mol. The molecule has 2 aromatic rings. The van der Waals surface area contributed by atoms with Gasteiger partial charge in [-0.15, -0.1) is 0 Å². The summed E-state index contributed by atoms with van der Waals surface area (Å²) < 4.78 is 0. The number of hydrogen-bond donors (Lipinski definition) is 1. The second-order valence-electron chi connectivity index (χ2n) is 6.02. The Kier molecular flexibility index (Phi) is 5.10. The largest absolute Gasteiger partial charge is 0.324 e. The van der Waals surface area contributed by atoms with E-state index in [2.05, 4.69) is 11.4 Å². The summed E-state index contributed by atoms with van der Waals surface area (Å²) in [6, 6.07) is 16.7. The summed E-state index contributed by atoms with van der Waals surface area (Å²) in [5.74, 6) is 0.00253. The van der Waals surface area contributed by atoms with Crippen molar-refractivity contribution in [2.24, 2.45) is 0 Å². The van der Waals surface area contributed by atoms with Crippen molar-refractivity contribution >= 4 is 23.2 Å². The summed E-state index contributed by atoms with van der Waals surface area (Å²) in [5.41, 5.74) is 3.05. The fraction of sp³-hybridized carbons (Fsp3) is 0.250. The maximum atomic E-state index is 12.3. The van der Waals surface area contributed by atoms with Crippen molar-refractivity contribution in [3.63, 3.8) is 0 Å². The van der Waals surface area contributed by atoms with Gasteiger partial charge in [-0.25, -0.2) is 0 Å². The SMILES string of the molecule is N#Cc1ccc(CCC(=O)Nc2ccccc2N2CCCC2=O)cc1. The predicted octanol–water partition coefficient (Wildman–Crippen LogP) is 3.26. The minimum absolute atomic E-state index is 0.0940. The van der Waals surface area contributed by atoms with Crippen molar-refractivity contribution in [3.05, 3.63) is 59.7 Å². The molecule has 1 heterocycles. The normalized spacial score (nSPS) is 13.6. The average Bonchev–Trinajstić information content (AvgIpc) is 3.07. The van der Waals surface area contributed by atoms with Gasteiger partial charge in [-0.05, 0) is 42.7 Å². The van der Waals surface area contributed by atoms with Gasteiger partial charge in [0, 0.05) is 19.4 Å². The lowest BCUT2D eigenvalue weighted by atomic mass is 10.1. The van der Waals surface area contributed by atoms with E-state index < -0.39 is 0 Å². The van der Waals surface area contributed by atoms with Gasteiger partial charge in [-0.3, -0.25) is 9.59 Å². The van der Waals surface area contributed by atoms with Crippen LogP contribution < -0.4 is 10.2 Å². The highest BCUT2D eigenvalue weighted by atomic mass is 16.2. The Bertz CT molecular complexity index is 822. The fourth-order valence-electron chi connectivity index (χ4n) is 2.93. The third kappa shape index (κ3) is 4.04. The first kappa shape index (κ1) is 16.7. The number of benzene rings is 2. The molecule has 1 N–H and O–H groups in total. The molecule has 5 heteroatoms. The average molecular weight is 333 g/mol. The molecule has 126 valence electrons. The first-order valence-electron chi connectivity index (χ1n) is 8.35. The van der Waals surface area contributed by atoms with Crippen LogP contribution in [0.15, 0.2) is 48.5 Å². The number of carbonyl (C=O) groups excluding carboxylic acids is 2. The molecule has 0 radical (unpaired) electrons. The monoisotopic (exact) mass is 333 g/mol. The van der Waals surface area contributed by atoms with Gasteiger partial charge >= 0.3 is 0 Å². The van der Waals surface area contributed by atoms with Crippen molar-refractivity contribution < 1.29 is 9.59 Å². The van der Waals surface area contributed by atoms with Crippen LogP contribution in [0, 0.1) is 11.3 Å². The number of nitrogens with one attached hydrogen (secondary N) is 1. The number of rotatable bonds is 5. The molecule has 0 atom stereocenters. The van der Waals surface area contributed by atoms with E-state index >= 15 is 0 Å². The molecule has 0 aliphatic carbocycles. The van der Waals surface area contributed by atoms with Crippen molar-refractivity contribution in [2.45, 2.75) is 25.7 Å². The molecule has 1 aliphatic heterocycles. The summed E-state index contributed by atoms with van der Waals surface area (Å²) in [4.78, 5) is 26.0. The summed E-state index contributed by atoms with van der Waals surface area (Å²) >= 11 is 0. The van der Waals surface area contributed by atoms with E-state index in [1.165, 1.54) is 0 Å². The third-order valence-electron chi connectivity index (χ3n) is 4.27. The fourth-order valence-corrected chi connectivity index (χ4v) is 2.93. The molecule has 0 aromatic heterocycles. The van der Waals surface area contributed by atoms with Gasteiger partial charge in [0.1, 0.15) is 0 Å². The zero-order valence-corrected chi connectivity index (χ0v) is 13.9. The minimum atomic E-state index is -0.0940. The number of nitriles is 1. The van der Waals surface area contributed by atoms with Gasteiger partial charge < -0.3 is 10.2 Å². The van der Waals surface area contributed by atoms with Crippen molar-refractivity contribution in [2.75, 3.05) is 16.8 Å². The third-order valence-corrected chi connectivity index (χ3v) is 4.27. The predicted molar refractivity (Wildman–Crippen MR) is 96.1 cm³/mol. The Labute approximate surface area is 146 Å². The summed E-state index contributed by atoms with van der Waals surface area (Å²) in [6.07, 6.45) is 2.34. The highest BCUT2D eigenvalue weighted by molar-refractivity contribution is 6.02. The molecule has 0 saturated carbocycles. The molecule has 2 aromatic carbocycles. The van der Waals surface area contributed by atoms with E-state index in [-0.39, 0.29) is 11.8 Å². The van der Waals surface area contributed by atoms with Gasteiger partial charge in [0.15, 0.2) is 0 Å². The van der Waals surface area contributed by atoms with Crippen LogP contribution in [0.1, 0.15) is 30.4 Å². The Morgan fingerprint density at radius 2 is 1.92 bits per heavy atom. The Balaban J connectivity index is 1.63. The number of amides is 2. The first-order valence-corrected chi connectivity index (χ1v) is 8.35. The zero-order chi connectivity index (χ0) is 17.6. The van der Waals surface area contributed by atoms with Crippen LogP contribution in [0.5, 0.6) is 0 Å². The molecule has 1 fully saturated rings. The summed E-state index contributed by atoms with van der Waals surface area (Å²) in [7, 11) is 0. The molecule has 1 saturated heterocycles. The molecule has 2 amide bonds. The lowest BCUT2D eigenvalue weighted by Gasteiger charge is -2.20. The molecule has 0 bridgehead atoms. The van der Waals surface area contributed by atoms with Crippen LogP contribution in [0.3, 0.4) is 0 Å². The molecular formula is C20H19N3O2. The number of nitrogens with zero attached hydrogens (tertiary/aromatic N) is 2. The molecule has 5 nitrogen and oxygen atoms in total. The number of hydrogen-bond acceptors (Lipinski definition) is 3. The lowest BCUT2D eigenvalue weighted by molar-refractivity contribution is -0.117. The molecule has 1 aliphatic rings. The Morgan fingerprint density at radius 1 is 1.16 bits per heavy atom. The van der Waals surface area contributed by atoms with Gasteiger partial charge in [-0.2, -0.15) is 5.26 Å². The highest BCUT2D eigenvalue weighted by Crippen LogP contribution is 2.29. The first-order chi connectivity index (χ1) is 12.2. The number of para-hydroxylation sites is 2. The van der Waals surface area contributed by atoms with E-state index in [0.29, 0.717) is 37.1 Å². The van der Waals surface area contributed by atoms with Crippen molar-refractivity contribution in [1.29, 1.82) is 5.26 Å². The van der Waals surface area contributed by atoms with E-state index in [1.807, 2.05) is 36.4 Å². The van der Waals surface area contributed by atoms with Crippen LogP contribution in [0.2, 0.25) is 0 Å². The second-order valence-corrected chi connectivity index (χ2v) is 6.02. The van der Waals surface area contributed by atoms with Crippen molar-refractivity contribution in [1.82, 2.24) is 0 Å². The maximum Gasteiger partial charge on any atom is 0.227 e. The molecule has 0 unspecified atom stereocenters. The van der Waals surface area contributed by atoms with Crippen molar-refractivity contribution in [3.8, 4) is 6.07 Å².